The first-order valence-corrected chi connectivity index (χ1v) is 8.55. The van der Waals surface area contributed by atoms with Gasteiger partial charge in [0.15, 0.2) is 0 Å². The molecule has 0 spiro atoms. The maximum Gasteiger partial charge on any atom is 0.275 e. The molecule has 0 radical (unpaired) electrons. The van der Waals surface area contributed by atoms with Crippen molar-refractivity contribution in [2.24, 2.45) is 0 Å². The molecule has 6 heteroatoms. The summed E-state index contributed by atoms with van der Waals surface area (Å²) >= 11 is 6.08. The van der Waals surface area contributed by atoms with Gasteiger partial charge in [-0.05, 0) is 49.6 Å². The maximum absolute atomic E-state index is 12.4. The van der Waals surface area contributed by atoms with Crippen LogP contribution < -0.4 is 10.6 Å². The molecule has 1 aromatic heterocycles. The second-order valence-electron chi connectivity index (χ2n) is 6.05. The lowest BCUT2D eigenvalue weighted by molar-refractivity contribution is 0.102. The minimum Gasteiger partial charge on any atom is -0.339 e. The van der Waals surface area contributed by atoms with Gasteiger partial charge in [-0.25, -0.2) is 9.97 Å². The van der Waals surface area contributed by atoms with Crippen molar-refractivity contribution in [3.05, 3.63) is 76.2 Å². The molecule has 3 rings (SSSR count). The van der Waals surface area contributed by atoms with Gasteiger partial charge in [0.1, 0.15) is 11.5 Å². The predicted octanol–water partition coefficient (Wildman–Crippen LogP) is 5.05. The number of carbonyl (C=O) groups is 1. The zero-order valence-electron chi connectivity index (χ0n) is 14.8. The number of aromatic nitrogens is 2. The number of nitrogens with one attached hydrogen (secondary N) is 2. The number of anilines is 3. The standard InChI is InChI=1S/C20H19ClN4O/c1-12-6-4-7-13(2)19(12)25-18-11-22-17(10-23-18)20(26)24-16-9-5-8-15(21)14(16)3/h4-11H,1-3H3,(H,23,25)(H,24,26). The molecule has 3 aromatic rings. The van der Waals surface area contributed by atoms with Crippen molar-refractivity contribution in [3.63, 3.8) is 0 Å². The molecule has 2 N–H and O–H groups in total. The van der Waals surface area contributed by atoms with Gasteiger partial charge in [0.2, 0.25) is 0 Å². The van der Waals surface area contributed by atoms with E-state index < -0.39 is 0 Å². The Morgan fingerprint density at radius 3 is 2.31 bits per heavy atom. The summed E-state index contributed by atoms with van der Waals surface area (Å²) in [5.74, 6) is 0.249. The Balaban J connectivity index is 1.75. The number of carbonyl (C=O) groups excluding carboxylic acids is 1. The molecule has 26 heavy (non-hydrogen) atoms. The van der Waals surface area contributed by atoms with Crippen LogP contribution in [0.2, 0.25) is 5.02 Å². The average Bonchev–Trinajstić information content (AvgIpc) is 2.63. The first-order valence-electron chi connectivity index (χ1n) is 8.17. The van der Waals surface area contributed by atoms with E-state index in [1.54, 1.807) is 24.4 Å². The molecule has 0 unspecified atom stereocenters. The summed E-state index contributed by atoms with van der Waals surface area (Å²) in [7, 11) is 0. The van der Waals surface area contributed by atoms with Gasteiger partial charge in [-0.2, -0.15) is 0 Å². The number of hydrogen-bond donors (Lipinski definition) is 2. The fourth-order valence-electron chi connectivity index (χ4n) is 2.58. The second kappa shape index (κ2) is 7.54. The topological polar surface area (TPSA) is 66.9 Å². The van der Waals surface area contributed by atoms with Crippen molar-refractivity contribution in [1.82, 2.24) is 9.97 Å². The lowest BCUT2D eigenvalue weighted by atomic mass is 10.1. The molecule has 0 aliphatic rings. The van der Waals surface area contributed by atoms with Crippen molar-refractivity contribution in [1.29, 1.82) is 0 Å². The van der Waals surface area contributed by atoms with Crippen LogP contribution in [0.4, 0.5) is 17.2 Å². The van der Waals surface area contributed by atoms with Crippen LogP contribution >= 0.6 is 11.6 Å². The lowest BCUT2D eigenvalue weighted by Crippen LogP contribution is -2.15. The van der Waals surface area contributed by atoms with Gasteiger partial charge in [-0.3, -0.25) is 4.79 Å². The van der Waals surface area contributed by atoms with Crippen LogP contribution in [0, 0.1) is 20.8 Å². The third-order valence-electron chi connectivity index (χ3n) is 4.13. The number of benzene rings is 2. The van der Waals surface area contributed by atoms with Gasteiger partial charge >= 0.3 is 0 Å². The summed E-state index contributed by atoms with van der Waals surface area (Å²) in [5, 5.41) is 6.66. The highest BCUT2D eigenvalue weighted by molar-refractivity contribution is 6.31. The third kappa shape index (κ3) is 3.83. The average molecular weight is 367 g/mol. The Kier molecular flexibility index (Phi) is 5.19. The summed E-state index contributed by atoms with van der Waals surface area (Å²) in [6.45, 7) is 5.90. The summed E-state index contributed by atoms with van der Waals surface area (Å²) < 4.78 is 0. The molecule has 0 saturated carbocycles. The number of hydrogen-bond acceptors (Lipinski definition) is 4. The van der Waals surface area contributed by atoms with Crippen molar-refractivity contribution in [2.45, 2.75) is 20.8 Å². The largest absolute Gasteiger partial charge is 0.339 e. The van der Waals surface area contributed by atoms with E-state index in [0.717, 1.165) is 22.4 Å². The monoisotopic (exact) mass is 366 g/mol. The number of rotatable bonds is 4. The Hall–Kier alpha value is -2.92. The maximum atomic E-state index is 12.4. The Morgan fingerprint density at radius 1 is 0.962 bits per heavy atom. The minimum absolute atomic E-state index is 0.233. The lowest BCUT2D eigenvalue weighted by Gasteiger charge is -2.12. The highest BCUT2D eigenvalue weighted by Crippen LogP contribution is 2.24. The van der Waals surface area contributed by atoms with Crippen LogP contribution in [0.3, 0.4) is 0 Å². The molecule has 0 saturated heterocycles. The molecule has 0 aliphatic heterocycles. The molecule has 1 amide bonds. The van der Waals surface area contributed by atoms with E-state index in [9.17, 15) is 4.79 Å². The van der Waals surface area contributed by atoms with Crippen molar-refractivity contribution < 1.29 is 4.79 Å². The Bertz CT molecular complexity index is 934. The quantitative estimate of drug-likeness (QED) is 0.678. The van der Waals surface area contributed by atoms with Gasteiger partial charge in [-0.1, -0.05) is 35.9 Å². The van der Waals surface area contributed by atoms with Gasteiger partial charge < -0.3 is 10.6 Å². The van der Waals surface area contributed by atoms with Crippen LogP contribution in [0.25, 0.3) is 0 Å². The van der Waals surface area contributed by atoms with E-state index in [1.807, 2.05) is 39.0 Å². The van der Waals surface area contributed by atoms with Crippen LogP contribution in [-0.4, -0.2) is 15.9 Å². The second-order valence-corrected chi connectivity index (χ2v) is 6.45. The molecule has 0 fully saturated rings. The highest BCUT2D eigenvalue weighted by atomic mass is 35.5. The summed E-state index contributed by atoms with van der Waals surface area (Å²) in [4.78, 5) is 20.9. The van der Waals surface area contributed by atoms with Gasteiger partial charge in [0, 0.05) is 16.4 Å². The number of aryl methyl sites for hydroxylation is 2. The highest BCUT2D eigenvalue weighted by Gasteiger charge is 2.11. The van der Waals surface area contributed by atoms with Gasteiger partial charge in [0.25, 0.3) is 5.91 Å². The molecule has 0 atom stereocenters. The first kappa shape index (κ1) is 17.9. The van der Waals surface area contributed by atoms with E-state index in [1.165, 1.54) is 6.20 Å². The van der Waals surface area contributed by atoms with Crippen molar-refractivity contribution >= 4 is 34.7 Å². The zero-order valence-corrected chi connectivity index (χ0v) is 15.6. The number of nitrogens with zero attached hydrogens (tertiary/aromatic N) is 2. The third-order valence-corrected chi connectivity index (χ3v) is 4.54. The zero-order chi connectivity index (χ0) is 18.7. The smallest absolute Gasteiger partial charge is 0.275 e. The van der Waals surface area contributed by atoms with Crippen LogP contribution in [0.1, 0.15) is 27.2 Å². The molecular weight excluding hydrogens is 348 g/mol. The predicted molar refractivity (Wildman–Crippen MR) is 105 cm³/mol. The number of halogens is 1. The summed E-state index contributed by atoms with van der Waals surface area (Å²) in [5.41, 5.74) is 4.92. The fourth-order valence-corrected chi connectivity index (χ4v) is 2.75. The molecule has 5 nitrogen and oxygen atoms in total. The van der Waals surface area contributed by atoms with Crippen LogP contribution in [0.15, 0.2) is 48.8 Å². The van der Waals surface area contributed by atoms with Crippen LogP contribution in [-0.2, 0) is 0 Å². The molecule has 132 valence electrons. The normalized spacial score (nSPS) is 10.5. The van der Waals surface area contributed by atoms with E-state index >= 15 is 0 Å². The minimum atomic E-state index is -0.332. The number of para-hydroxylation sites is 1. The summed E-state index contributed by atoms with van der Waals surface area (Å²) in [6.07, 6.45) is 3.00. The van der Waals surface area contributed by atoms with Crippen molar-refractivity contribution in [3.8, 4) is 0 Å². The van der Waals surface area contributed by atoms with Crippen molar-refractivity contribution in [2.75, 3.05) is 10.6 Å². The fraction of sp³-hybridized carbons (Fsp3) is 0.150. The van der Waals surface area contributed by atoms with Gasteiger partial charge in [-0.15, -0.1) is 0 Å². The Morgan fingerprint density at radius 2 is 1.65 bits per heavy atom. The Labute approximate surface area is 157 Å². The van der Waals surface area contributed by atoms with E-state index in [4.69, 9.17) is 11.6 Å². The van der Waals surface area contributed by atoms with Gasteiger partial charge in [0.05, 0.1) is 12.4 Å². The van der Waals surface area contributed by atoms with E-state index in [-0.39, 0.29) is 11.6 Å². The number of amides is 1. The van der Waals surface area contributed by atoms with E-state index in [2.05, 4.69) is 20.6 Å². The molecule has 0 bridgehead atoms. The summed E-state index contributed by atoms with van der Waals surface area (Å²) in [6, 6.07) is 11.4. The molecule has 0 aliphatic carbocycles. The van der Waals surface area contributed by atoms with E-state index in [0.29, 0.717) is 16.5 Å². The SMILES string of the molecule is Cc1cccc(C)c1Nc1cnc(C(=O)Nc2cccc(Cl)c2C)cn1. The molecule has 1 heterocycles. The molecular formula is C20H19ClN4O. The van der Waals surface area contributed by atoms with Crippen LogP contribution in [0.5, 0.6) is 0 Å². The first-order chi connectivity index (χ1) is 12.5. The molecule has 2 aromatic carbocycles.